The molecule has 3 heterocycles. The lowest BCUT2D eigenvalue weighted by atomic mass is 10.0. The maximum atomic E-state index is 13.3. The van der Waals surface area contributed by atoms with Gasteiger partial charge in [-0.3, -0.25) is 19.7 Å². The molecule has 1 aromatic carbocycles. The van der Waals surface area contributed by atoms with Gasteiger partial charge in [-0.25, -0.2) is 4.79 Å². The van der Waals surface area contributed by atoms with Gasteiger partial charge in [-0.1, -0.05) is 0 Å². The maximum absolute atomic E-state index is 13.3. The first-order valence-corrected chi connectivity index (χ1v) is 10.1. The SMILES string of the molecule is O=C1CCC(N2Cc3cc(NC(=O)N4CCCCC4C(F)(F)F)ccc3C2=O)C(=O)N1. The molecule has 166 valence electrons. The number of carbonyl (C=O) groups is 4. The van der Waals surface area contributed by atoms with E-state index in [1.807, 2.05) is 0 Å². The molecule has 0 aliphatic carbocycles. The third-order valence-corrected chi connectivity index (χ3v) is 5.92. The Morgan fingerprint density at radius 2 is 1.90 bits per heavy atom. The highest BCUT2D eigenvalue weighted by molar-refractivity contribution is 6.05. The molecule has 0 saturated carbocycles. The first kappa shape index (κ1) is 21.1. The largest absolute Gasteiger partial charge is 0.408 e. The number of amides is 5. The molecule has 2 unspecified atom stereocenters. The van der Waals surface area contributed by atoms with E-state index in [1.165, 1.54) is 23.1 Å². The lowest BCUT2D eigenvalue weighted by Gasteiger charge is -2.36. The molecule has 5 amide bonds. The van der Waals surface area contributed by atoms with E-state index >= 15 is 0 Å². The number of anilines is 1. The summed E-state index contributed by atoms with van der Waals surface area (Å²) in [7, 11) is 0. The molecular weight excluding hydrogens is 417 g/mol. The smallest absolute Gasteiger partial charge is 0.322 e. The van der Waals surface area contributed by atoms with E-state index in [1.54, 1.807) is 0 Å². The number of likely N-dealkylation sites (tertiary alicyclic amines) is 1. The molecule has 2 N–H and O–H groups in total. The fourth-order valence-electron chi connectivity index (χ4n) is 4.36. The van der Waals surface area contributed by atoms with E-state index in [0.717, 1.165) is 4.90 Å². The first-order valence-electron chi connectivity index (χ1n) is 10.1. The van der Waals surface area contributed by atoms with Gasteiger partial charge in [-0.05, 0) is 49.4 Å². The van der Waals surface area contributed by atoms with Crippen LogP contribution in [0.1, 0.15) is 48.0 Å². The van der Waals surface area contributed by atoms with Crippen LogP contribution >= 0.6 is 0 Å². The number of fused-ring (bicyclic) bond motifs is 1. The van der Waals surface area contributed by atoms with Gasteiger partial charge in [0.1, 0.15) is 12.1 Å². The van der Waals surface area contributed by atoms with E-state index in [2.05, 4.69) is 10.6 Å². The van der Waals surface area contributed by atoms with Crippen LogP contribution in [0.4, 0.5) is 23.7 Å². The summed E-state index contributed by atoms with van der Waals surface area (Å²) in [5.74, 6) is -1.28. The second kappa shape index (κ2) is 7.86. The molecule has 0 aromatic heterocycles. The lowest BCUT2D eigenvalue weighted by Crippen LogP contribution is -2.52. The van der Waals surface area contributed by atoms with Gasteiger partial charge in [0, 0.05) is 30.8 Å². The minimum absolute atomic E-state index is 0.0166. The van der Waals surface area contributed by atoms with Gasteiger partial charge in [0.05, 0.1) is 0 Å². The third-order valence-electron chi connectivity index (χ3n) is 5.92. The zero-order valence-electron chi connectivity index (χ0n) is 16.5. The molecule has 0 bridgehead atoms. The fraction of sp³-hybridized carbons (Fsp3) is 0.500. The lowest BCUT2D eigenvalue weighted by molar-refractivity contribution is -0.181. The Labute approximate surface area is 175 Å². The molecule has 0 radical (unpaired) electrons. The van der Waals surface area contributed by atoms with E-state index in [9.17, 15) is 32.3 Å². The first-order chi connectivity index (χ1) is 14.6. The zero-order chi connectivity index (χ0) is 22.3. The molecule has 3 aliphatic heterocycles. The summed E-state index contributed by atoms with van der Waals surface area (Å²) in [5.41, 5.74) is 1.18. The van der Waals surface area contributed by atoms with Crippen LogP contribution in [0.2, 0.25) is 0 Å². The summed E-state index contributed by atoms with van der Waals surface area (Å²) in [5, 5.41) is 4.72. The highest BCUT2D eigenvalue weighted by Gasteiger charge is 2.46. The van der Waals surface area contributed by atoms with Crippen molar-refractivity contribution in [1.82, 2.24) is 15.1 Å². The van der Waals surface area contributed by atoms with Crippen LogP contribution in [0.25, 0.3) is 0 Å². The normalized spacial score (nSPS) is 24.2. The van der Waals surface area contributed by atoms with Gasteiger partial charge in [-0.2, -0.15) is 13.2 Å². The van der Waals surface area contributed by atoms with Crippen LogP contribution in [-0.4, -0.2) is 58.4 Å². The number of imide groups is 1. The summed E-state index contributed by atoms with van der Waals surface area (Å²) in [6.45, 7) is 0.127. The zero-order valence-corrected chi connectivity index (χ0v) is 16.5. The number of urea groups is 1. The van der Waals surface area contributed by atoms with Crippen molar-refractivity contribution < 1.29 is 32.3 Å². The molecule has 2 atom stereocenters. The Bertz CT molecular complexity index is 949. The molecule has 2 fully saturated rings. The Hall–Kier alpha value is -3.11. The van der Waals surface area contributed by atoms with Crippen LogP contribution in [0, 0.1) is 0 Å². The van der Waals surface area contributed by atoms with E-state index < -0.39 is 30.2 Å². The van der Waals surface area contributed by atoms with Crippen molar-refractivity contribution in [2.24, 2.45) is 0 Å². The number of hydrogen-bond acceptors (Lipinski definition) is 4. The minimum Gasteiger partial charge on any atom is -0.322 e. The summed E-state index contributed by atoms with van der Waals surface area (Å²) in [4.78, 5) is 50.8. The predicted molar refractivity (Wildman–Crippen MR) is 102 cm³/mol. The van der Waals surface area contributed by atoms with E-state index in [0.29, 0.717) is 24.0 Å². The summed E-state index contributed by atoms with van der Waals surface area (Å²) >= 11 is 0. The van der Waals surface area contributed by atoms with Crippen LogP contribution in [0.5, 0.6) is 0 Å². The summed E-state index contributed by atoms with van der Waals surface area (Å²) < 4.78 is 39.8. The van der Waals surface area contributed by atoms with Crippen LogP contribution < -0.4 is 10.6 Å². The Kier molecular flexibility index (Phi) is 5.36. The Morgan fingerprint density at radius 3 is 2.61 bits per heavy atom. The monoisotopic (exact) mass is 438 g/mol. The average molecular weight is 438 g/mol. The van der Waals surface area contributed by atoms with Gasteiger partial charge >= 0.3 is 12.2 Å². The number of carbonyl (C=O) groups excluding carboxylic acids is 4. The van der Waals surface area contributed by atoms with Gasteiger partial charge in [0.2, 0.25) is 11.8 Å². The number of piperidine rings is 2. The molecule has 3 aliphatic rings. The van der Waals surface area contributed by atoms with Crippen molar-refractivity contribution in [1.29, 1.82) is 0 Å². The van der Waals surface area contributed by atoms with Crippen LogP contribution in [-0.2, 0) is 16.1 Å². The molecule has 11 heteroatoms. The third kappa shape index (κ3) is 4.08. The van der Waals surface area contributed by atoms with Crippen LogP contribution in [0.15, 0.2) is 18.2 Å². The minimum atomic E-state index is -4.50. The Balaban J connectivity index is 1.48. The standard InChI is InChI=1S/C20H21F3N4O4/c21-20(22,23)15-3-1-2-8-26(15)19(31)24-12-4-5-13-11(9-12)10-27(18(13)30)14-6-7-16(28)25-17(14)29/h4-5,9,14-15H,1-3,6-8,10H2,(H,24,31)(H,25,28,29). The van der Waals surface area contributed by atoms with Gasteiger partial charge < -0.3 is 15.1 Å². The number of nitrogens with one attached hydrogen (secondary N) is 2. The second-order valence-electron chi connectivity index (χ2n) is 7.95. The predicted octanol–water partition coefficient (Wildman–Crippen LogP) is 2.40. The highest BCUT2D eigenvalue weighted by atomic mass is 19.4. The van der Waals surface area contributed by atoms with Crippen molar-refractivity contribution in [2.45, 2.75) is 56.9 Å². The summed E-state index contributed by atoms with van der Waals surface area (Å²) in [6.07, 6.45) is -3.36. The van der Waals surface area contributed by atoms with Crippen molar-refractivity contribution in [2.75, 3.05) is 11.9 Å². The Morgan fingerprint density at radius 1 is 1.13 bits per heavy atom. The molecular formula is C20H21F3N4O4. The number of hydrogen-bond donors (Lipinski definition) is 2. The van der Waals surface area contributed by atoms with Crippen molar-refractivity contribution in [3.05, 3.63) is 29.3 Å². The van der Waals surface area contributed by atoms with Crippen LogP contribution in [0.3, 0.4) is 0 Å². The number of halogens is 3. The van der Waals surface area contributed by atoms with E-state index in [-0.39, 0.29) is 49.9 Å². The van der Waals surface area contributed by atoms with Gasteiger partial charge in [0.25, 0.3) is 5.91 Å². The fourth-order valence-corrected chi connectivity index (χ4v) is 4.36. The van der Waals surface area contributed by atoms with Crippen molar-refractivity contribution in [3.8, 4) is 0 Å². The number of nitrogens with zero attached hydrogens (tertiary/aromatic N) is 2. The maximum Gasteiger partial charge on any atom is 0.408 e. The molecule has 31 heavy (non-hydrogen) atoms. The van der Waals surface area contributed by atoms with Crippen molar-refractivity contribution >= 4 is 29.4 Å². The molecule has 2 saturated heterocycles. The number of benzene rings is 1. The van der Waals surface area contributed by atoms with Crippen molar-refractivity contribution in [3.63, 3.8) is 0 Å². The average Bonchev–Trinajstić information content (AvgIpc) is 3.03. The van der Waals surface area contributed by atoms with Gasteiger partial charge in [-0.15, -0.1) is 0 Å². The number of alkyl halides is 3. The molecule has 0 spiro atoms. The topological polar surface area (TPSA) is 98.8 Å². The van der Waals surface area contributed by atoms with Gasteiger partial charge in [0.15, 0.2) is 0 Å². The number of rotatable bonds is 2. The summed E-state index contributed by atoms with van der Waals surface area (Å²) in [6, 6.07) is 1.04. The van der Waals surface area contributed by atoms with E-state index in [4.69, 9.17) is 0 Å². The highest BCUT2D eigenvalue weighted by Crippen LogP contribution is 2.33. The molecule has 8 nitrogen and oxygen atoms in total. The molecule has 1 aromatic rings. The molecule has 4 rings (SSSR count). The quantitative estimate of drug-likeness (QED) is 0.693. The second-order valence-corrected chi connectivity index (χ2v) is 7.95.